The van der Waals surface area contributed by atoms with Crippen molar-refractivity contribution in [2.75, 3.05) is 26.2 Å². The molecule has 2 aliphatic rings. The van der Waals surface area contributed by atoms with Crippen molar-refractivity contribution in [2.45, 2.75) is 45.2 Å². The highest BCUT2D eigenvalue weighted by molar-refractivity contribution is 5.78. The molecule has 1 aromatic carbocycles. The monoisotopic (exact) mass is 357 g/mol. The van der Waals surface area contributed by atoms with Gasteiger partial charge in [-0.05, 0) is 82.9 Å². The van der Waals surface area contributed by atoms with E-state index in [1.807, 2.05) is 0 Å². The highest BCUT2D eigenvalue weighted by atomic mass is 19.1. The van der Waals surface area contributed by atoms with E-state index in [0.717, 1.165) is 31.2 Å². The van der Waals surface area contributed by atoms with Crippen LogP contribution in [0.15, 0.2) is 29.1 Å². The summed E-state index contributed by atoms with van der Waals surface area (Å²) < 4.78 is 13.3. The van der Waals surface area contributed by atoms with Gasteiger partial charge in [0.15, 0.2) is 5.43 Å². The lowest BCUT2D eigenvalue weighted by Crippen LogP contribution is -2.43. The number of likely N-dealkylation sites (tertiary alicyclic amines) is 2. The molecule has 4 rings (SSSR count). The van der Waals surface area contributed by atoms with Gasteiger partial charge in [0.1, 0.15) is 5.82 Å². The molecule has 2 aromatic rings. The second-order valence-corrected chi connectivity index (χ2v) is 7.95. The van der Waals surface area contributed by atoms with Crippen LogP contribution in [-0.2, 0) is 6.54 Å². The standard InChI is InChI=1S/C21H28FN3O/c1-15(25-8-2-3-9-25)16-6-10-24(11-7-16)14-18-13-21(26)19-12-17(22)4-5-20(19)23-18/h4-5,12-13,15-16H,2-3,6-11,14H2,1H3,(H,23,26)/t15-/m1/s1. The molecular weight excluding hydrogens is 329 g/mol. The Kier molecular flexibility index (Phi) is 5.09. The molecule has 140 valence electrons. The number of H-pyrrole nitrogens is 1. The number of nitrogens with zero attached hydrogens (tertiary/aromatic N) is 2. The number of hydrogen-bond donors (Lipinski definition) is 1. The summed E-state index contributed by atoms with van der Waals surface area (Å²) in [5.74, 6) is 0.410. The van der Waals surface area contributed by atoms with E-state index in [2.05, 4.69) is 21.7 Å². The lowest BCUT2D eigenvalue weighted by Gasteiger charge is -2.38. The quantitative estimate of drug-likeness (QED) is 0.912. The number of aromatic nitrogens is 1. The Morgan fingerprint density at radius 1 is 1.15 bits per heavy atom. The van der Waals surface area contributed by atoms with Crippen LogP contribution in [0.3, 0.4) is 0 Å². The zero-order valence-electron chi connectivity index (χ0n) is 15.5. The molecule has 0 saturated carbocycles. The van der Waals surface area contributed by atoms with Gasteiger partial charge in [-0.3, -0.25) is 9.69 Å². The van der Waals surface area contributed by atoms with E-state index in [1.165, 1.54) is 50.9 Å². The zero-order valence-corrected chi connectivity index (χ0v) is 15.5. The molecule has 3 heterocycles. The van der Waals surface area contributed by atoms with Crippen LogP contribution in [0.1, 0.15) is 38.3 Å². The van der Waals surface area contributed by atoms with Gasteiger partial charge < -0.3 is 9.88 Å². The summed E-state index contributed by atoms with van der Waals surface area (Å²) in [5, 5.41) is 0.423. The van der Waals surface area contributed by atoms with Crippen molar-refractivity contribution in [1.29, 1.82) is 0 Å². The van der Waals surface area contributed by atoms with Crippen molar-refractivity contribution in [3.63, 3.8) is 0 Å². The third-order valence-electron chi connectivity index (χ3n) is 6.27. The highest BCUT2D eigenvalue weighted by Gasteiger charge is 2.29. The normalized spacial score (nSPS) is 21.5. The average molecular weight is 357 g/mol. The molecule has 2 aliphatic heterocycles. The van der Waals surface area contributed by atoms with E-state index in [0.29, 0.717) is 16.9 Å². The van der Waals surface area contributed by atoms with Gasteiger partial charge in [0.25, 0.3) is 0 Å². The number of benzene rings is 1. The number of halogens is 1. The highest BCUT2D eigenvalue weighted by Crippen LogP contribution is 2.27. The predicted molar refractivity (Wildman–Crippen MR) is 103 cm³/mol. The van der Waals surface area contributed by atoms with Crippen molar-refractivity contribution in [3.8, 4) is 0 Å². The fraction of sp³-hybridized carbons (Fsp3) is 0.571. The molecule has 26 heavy (non-hydrogen) atoms. The van der Waals surface area contributed by atoms with Crippen LogP contribution in [0, 0.1) is 11.7 Å². The summed E-state index contributed by atoms with van der Waals surface area (Å²) in [5.41, 5.74) is 1.53. The Morgan fingerprint density at radius 3 is 2.62 bits per heavy atom. The fourth-order valence-corrected chi connectivity index (χ4v) is 4.64. The molecule has 0 aliphatic carbocycles. The van der Waals surface area contributed by atoms with Crippen LogP contribution >= 0.6 is 0 Å². The maximum absolute atomic E-state index is 13.3. The van der Waals surface area contributed by atoms with Gasteiger partial charge in [0.2, 0.25) is 0 Å². The van der Waals surface area contributed by atoms with Crippen molar-refractivity contribution < 1.29 is 4.39 Å². The van der Waals surface area contributed by atoms with Crippen molar-refractivity contribution in [2.24, 2.45) is 5.92 Å². The van der Waals surface area contributed by atoms with Crippen LogP contribution in [0.25, 0.3) is 10.9 Å². The maximum atomic E-state index is 13.3. The summed E-state index contributed by atoms with van der Waals surface area (Å²) in [4.78, 5) is 20.7. The van der Waals surface area contributed by atoms with Crippen molar-refractivity contribution in [1.82, 2.24) is 14.8 Å². The van der Waals surface area contributed by atoms with Gasteiger partial charge in [0.05, 0.1) is 0 Å². The SMILES string of the molecule is C[C@H](C1CCN(Cc2cc(=O)c3cc(F)ccc3[nH]2)CC1)N1CCCC1. The van der Waals surface area contributed by atoms with Gasteiger partial charge in [-0.2, -0.15) is 0 Å². The minimum atomic E-state index is -0.370. The van der Waals surface area contributed by atoms with Gasteiger partial charge in [-0.25, -0.2) is 4.39 Å². The molecule has 0 spiro atoms. The van der Waals surface area contributed by atoms with E-state index in [1.54, 1.807) is 12.1 Å². The topological polar surface area (TPSA) is 39.3 Å². The first-order valence-electron chi connectivity index (χ1n) is 9.88. The Morgan fingerprint density at radius 2 is 1.88 bits per heavy atom. The van der Waals surface area contributed by atoms with E-state index in [-0.39, 0.29) is 11.2 Å². The van der Waals surface area contributed by atoms with E-state index in [9.17, 15) is 9.18 Å². The molecule has 1 N–H and O–H groups in total. The second kappa shape index (κ2) is 7.49. The number of piperidine rings is 1. The number of fused-ring (bicyclic) bond motifs is 1. The maximum Gasteiger partial charge on any atom is 0.189 e. The number of pyridine rings is 1. The molecule has 0 radical (unpaired) electrons. The predicted octanol–water partition coefficient (Wildman–Crippen LogP) is 3.36. The number of nitrogens with one attached hydrogen (secondary N) is 1. The lowest BCUT2D eigenvalue weighted by atomic mass is 9.89. The molecule has 1 atom stereocenters. The number of aromatic amines is 1. The average Bonchev–Trinajstić information content (AvgIpc) is 3.17. The minimum Gasteiger partial charge on any atom is -0.357 e. The first-order chi connectivity index (χ1) is 12.6. The first kappa shape index (κ1) is 17.7. The first-order valence-corrected chi connectivity index (χ1v) is 9.88. The summed E-state index contributed by atoms with van der Waals surface area (Å²) in [6.07, 6.45) is 5.15. The number of rotatable bonds is 4. The molecule has 0 amide bonds. The van der Waals surface area contributed by atoms with Crippen LogP contribution in [0.5, 0.6) is 0 Å². The van der Waals surface area contributed by atoms with Gasteiger partial charge >= 0.3 is 0 Å². The summed E-state index contributed by atoms with van der Waals surface area (Å²) >= 11 is 0. The van der Waals surface area contributed by atoms with Crippen LogP contribution in [-0.4, -0.2) is 47.0 Å². The lowest BCUT2D eigenvalue weighted by molar-refractivity contribution is 0.107. The van der Waals surface area contributed by atoms with Crippen molar-refractivity contribution in [3.05, 3.63) is 46.0 Å². The second-order valence-electron chi connectivity index (χ2n) is 7.95. The largest absolute Gasteiger partial charge is 0.357 e. The Hall–Kier alpha value is -1.72. The smallest absolute Gasteiger partial charge is 0.189 e. The molecule has 2 fully saturated rings. The van der Waals surface area contributed by atoms with Crippen LogP contribution < -0.4 is 5.43 Å². The van der Waals surface area contributed by atoms with Gasteiger partial charge in [0, 0.05) is 35.2 Å². The summed E-state index contributed by atoms with van der Waals surface area (Å²) in [6.45, 7) is 7.83. The molecule has 2 saturated heterocycles. The zero-order chi connectivity index (χ0) is 18.1. The molecule has 5 heteroatoms. The molecular formula is C21H28FN3O. The van der Waals surface area contributed by atoms with Crippen LogP contribution in [0.2, 0.25) is 0 Å². The summed E-state index contributed by atoms with van der Waals surface area (Å²) in [7, 11) is 0. The van der Waals surface area contributed by atoms with E-state index >= 15 is 0 Å². The molecule has 4 nitrogen and oxygen atoms in total. The molecule has 0 unspecified atom stereocenters. The minimum absolute atomic E-state index is 0.106. The van der Waals surface area contributed by atoms with Crippen molar-refractivity contribution >= 4 is 10.9 Å². The van der Waals surface area contributed by atoms with Gasteiger partial charge in [-0.15, -0.1) is 0 Å². The van der Waals surface area contributed by atoms with E-state index in [4.69, 9.17) is 0 Å². The summed E-state index contributed by atoms with van der Waals surface area (Å²) in [6, 6.07) is 6.67. The fourth-order valence-electron chi connectivity index (χ4n) is 4.64. The Balaban J connectivity index is 1.39. The third kappa shape index (κ3) is 3.69. The van der Waals surface area contributed by atoms with Crippen LogP contribution in [0.4, 0.5) is 4.39 Å². The Bertz CT molecular complexity index is 820. The van der Waals surface area contributed by atoms with Gasteiger partial charge in [-0.1, -0.05) is 0 Å². The Labute approximate surface area is 154 Å². The number of hydrogen-bond acceptors (Lipinski definition) is 3. The van der Waals surface area contributed by atoms with E-state index < -0.39 is 0 Å². The molecule has 0 bridgehead atoms. The third-order valence-corrected chi connectivity index (χ3v) is 6.27. The molecule has 1 aromatic heterocycles.